The molecule has 1 amide bonds. The molecule has 1 aliphatic heterocycles. The Morgan fingerprint density at radius 1 is 1.30 bits per heavy atom. The molecule has 0 saturated carbocycles. The first-order valence-corrected chi connectivity index (χ1v) is 8.94. The summed E-state index contributed by atoms with van der Waals surface area (Å²) < 4.78 is 5.80. The number of hydrogen-bond donors (Lipinski definition) is 1. The molecule has 0 bridgehead atoms. The Bertz CT molecular complexity index is 640. The summed E-state index contributed by atoms with van der Waals surface area (Å²) in [6.07, 6.45) is 2.87. The lowest BCUT2D eigenvalue weighted by molar-refractivity contribution is 0.0939. The standard InChI is InChI=1S/C18H20N2O2S/c1-13(14-5-3-2-4-6-14)20-18(21)15-7-8-17(19-11-15)22-16-9-10-23-12-16/h2-8,11,13,16H,9-10,12H2,1H3,(H,20,21). The van der Waals surface area contributed by atoms with E-state index in [-0.39, 0.29) is 18.1 Å². The second-order valence-corrected chi connectivity index (χ2v) is 6.74. The highest BCUT2D eigenvalue weighted by Gasteiger charge is 2.18. The van der Waals surface area contributed by atoms with E-state index in [1.165, 1.54) is 0 Å². The van der Waals surface area contributed by atoms with Crippen LogP contribution in [0.1, 0.15) is 35.3 Å². The number of carbonyl (C=O) groups is 1. The van der Waals surface area contributed by atoms with Gasteiger partial charge in [0.05, 0.1) is 11.6 Å². The molecular formula is C18H20N2O2S. The Morgan fingerprint density at radius 2 is 2.13 bits per heavy atom. The van der Waals surface area contributed by atoms with Crippen molar-refractivity contribution in [3.8, 4) is 5.88 Å². The minimum atomic E-state index is -0.128. The minimum Gasteiger partial charge on any atom is -0.473 e. The lowest BCUT2D eigenvalue weighted by Crippen LogP contribution is -2.26. The average Bonchev–Trinajstić information content (AvgIpc) is 3.09. The Morgan fingerprint density at radius 3 is 2.78 bits per heavy atom. The number of benzene rings is 1. The third-order valence-corrected chi connectivity index (χ3v) is 4.95. The smallest absolute Gasteiger partial charge is 0.253 e. The van der Waals surface area contributed by atoms with Gasteiger partial charge in [0.25, 0.3) is 5.91 Å². The minimum absolute atomic E-state index is 0.0462. The summed E-state index contributed by atoms with van der Waals surface area (Å²) in [6, 6.07) is 13.4. The van der Waals surface area contributed by atoms with Gasteiger partial charge in [-0.3, -0.25) is 4.79 Å². The zero-order chi connectivity index (χ0) is 16.1. The highest BCUT2D eigenvalue weighted by atomic mass is 32.2. The highest BCUT2D eigenvalue weighted by molar-refractivity contribution is 7.99. The highest BCUT2D eigenvalue weighted by Crippen LogP contribution is 2.22. The second-order valence-electron chi connectivity index (χ2n) is 5.59. The quantitative estimate of drug-likeness (QED) is 0.913. The first kappa shape index (κ1) is 15.9. The second kappa shape index (κ2) is 7.51. The molecule has 0 radical (unpaired) electrons. The summed E-state index contributed by atoms with van der Waals surface area (Å²) in [7, 11) is 0. The van der Waals surface area contributed by atoms with Crippen LogP contribution in [-0.2, 0) is 0 Å². The zero-order valence-corrected chi connectivity index (χ0v) is 13.9. The molecule has 4 nitrogen and oxygen atoms in total. The third kappa shape index (κ3) is 4.26. The Balaban J connectivity index is 1.59. The maximum Gasteiger partial charge on any atom is 0.253 e. The van der Waals surface area contributed by atoms with E-state index >= 15 is 0 Å². The Hall–Kier alpha value is -2.01. The van der Waals surface area contributed by atoms with Gasteiger partial charge in [0.2, 0.25) is 5.88 Å². The lowest BCUT2D eigenvalue weighted by Gasteiger charge is -2.15. The molecule has 1 fully saturated rings. The van der Waals surface area contributed by atoms with Crippen molar-refractivity contribution in [2.75, 3.05) is 11.5 Å². The van der Waals surface area contributed by atoms with Crippen LogP contribution in [0.2, 0.25) is 0 Å². The molecule has 0 aliphatic carbocycles. The van der Waals surface area contributed by atoms with Gasteiger partial charge in [-0.2, -0.15) is 11.8 Å². The van der Waals surface area contributed by atoms with E-state index in [1.807, 2.05) is 49.0 Å². The number of nitrogens with zero attached hydrogens (tertiary/aromatic N) is 1. The molecular weight excluding hydrogens is 308 g/mol. The average molecular weight is 328 g/mol. The van der Waals surface area contributed by atoms with Crippen molar-refractivity contribution < 1.29 is 9.53 Å². The van der Waals surface area contributed by atoms with Crippen molar-refractivity contribution in [1.82, 2.24) is 10.3 Å². The van der Waals surface area contributed by atoms with Gasteiger partial charge >= 0.3 is 0 Å². The first-order chi connectivity index (χ1) is 11.2. The number of amides is 1. The normalized spacial score (nSPS) is 18.4. The van der Waals surface area contributed by atoms with Crippen molar-refractivity contribution >= 4 is 17.7 Å². The molecule has 23 heavy (non-hydrogen) atoms. The van der Waals surface area contributed by atoms with Crippen LogP contribution in [0.4, 0.5) is 0 Å². The number of aromatic nitrogens is 1. The molecule has 1 aliphatic rings. The molecule has 3 rings (SSSR count). The van der Waals surface area contributed by atoms with Crippen LogP contribution in [0.5, 0.6) is 5.88 Å². The maximum absolute atomic E-state index is 12.3. The van der Waals surface area contributed by atoms with E-state index in [9.17, 15) is 4.79 Å². The van der Waals surface area contributed by atoms with E-state index in [0.717, 1.165) is 23.5 Å². The van der Waals surface area contributed by atoms with Crippen molar-refractivity contribution in [1.29, 1.82) is 0 Å². The topological polar surface area (TPSA) is 51.2 Å². The van der Waals surface area contributed by atoms with Crippen LogP contribution in [0.15, 0.2) is 48.7 Å². The predicted octanol–water partition coefficient (Wildman–Crippen LogP) is 3.46. The Kier molecular flexibility index (Phi) is 5.18. The molecule has 1 aromatic heterocycles. The maximum atomic E-state index is 12.3. The van der Waals surface area contributed by atoms with Crippen molar-refractivity contribution in [2.24, 2.45) is 0 Å². The van der Waals surface area contributed by atoms with E-state index < -0.39 is 0 Å². The van der Waals surface area contributed by atoms with Gasteiger partial charge in [0, 0.05) is 18.0 Å². The number of rotatable bonds is 5. The lowest BCUT2D eigenvalue weighted by atomic mass is 10.1. The number of nitrogens with one attached hydrogen (secondary N) is 1. The summed E-state index contributed by atoms with van der Waals surface area (Å²) >= 11 is 1.90. The van der Waals surface area contributed by atoms with Gasteiger partial charge in [-0.05, 0) is 30.7 Å². The summed E-state index contributed by atoms with van der Waals surface area (Å²) in [5.41, 5.74) is 1.62. The van der Waals surface area contributed by atoms with Gasteiger partial charge in [-0.25, -0.2) is 4.98 Å². The van der Waals surface area contributed by atoms with E-state index in [0.29, 0.717) is 11.4 Å². The monoisotopic (exact) mass is 328 g/mol. The predicted molar refractivity (Wildman–Crippen MR) is 92.9 cm³/mol. The molecule has 2 atom stereocenters. The number of hydrogen-bond acceptors (Lipinski definition) is 4. The van der Waals surface area contributed by atoms with Crippen molar-refractivity contribution in [3.63, 3.8) is 0 Å². The van der Waals surface area contributed by atoms with Gasteiger partial charge in [0.1, 0.15) is 6.10 Å². The number of ether oxygens (including phenoxy) is 1. The SMILES string of the molecule is CC(NC(=O)c1ccc(OC2CCSC2)nc1)c1ccccc1. The van der Waals surface area contributed by atoms with Crippen LogP contribution in [0, 0.1) is 0 Å². The fourth-order valence-electron chi connectivity index (χ4n) is 2.47. The summed E-state index contributed by atoms with van der Waals surface area (Å²) in [5.74, 6) is 2.61. The largest absolute Gasteiger partial charge is 0.473 e. The fourth-order valence-corrected chi connectivity index (χ4v) is 3.56. The van der Waals surface area contributed by atoms with E-state index in [4.69, 9.17) is 4.74 Å². The fraction of sp³-hybridized carbons (Fsp3) is 0.333. The molecule has 120 valence electrons. The van der Waals surface area contributed by atoms with Crippen molar-refractivity contribution in [3.05, 3.63) is 59.8 Å². The van der Waals surface area contributed by atoms with E-state index in [2.05, 4.69) is 10.3 Å². The van der Waals surface area contributed by atoms with E-state index in [1.54, 1.807) is 18.3 Å². The van der Waals surface area contributed by atoms with Crippen LogP contribution >= 0.6 is 11.8 Å². The van der Waals surface area contributed by atoms with Gasteiger partial charge in [-0.1, -0.05) is 30.3 Å². The van der Waals surface area contributed by atoms with Crippen LogP contribution in [0.25, 0.3) is 0 Å². The van der Waals surface area contributed by atoms with Gasteiger partial charge in [-0.15, -0.1) is 0 Å². The molecule has 1 aromatic carbocycles. The van der Waals surface area contributed by atoms with Crippen LogP contribution < -0.4 is 10.1 Å². The third-order valence-electron chi connectivity index (χ3n) is 3.82. The van der Waals surface area contributed by atoms with Crippen LogP contribution in [0.3, 0.4) is 0 Å². The molecule has 2 heterocycles. The molecule has 2 unspecified atom stereocenters. The molecule has 1 saturated heterocycles. The van der Waals surface area contributed by atoms with Gasteiger partial charge < -0.3 is 10.1 Å². The number of thioether (sulfide) groups is 1. The van der Waals surface area contributed by atoms with Gasteiger partial charge in [0.15, 0.2) is 0 Å². The Labute approximate surface area is 140 Å². The number of pyridine rings is 1. The summed E-state index contributed by atoms with van der Waals surface area (Å²) in [4.78, 5) is 16.5. The molecule has 5 heteroatoms. The number of carbonyl (C=O) groups excluding carboxylic acids is 1. The molecule has 2 aromatic rings. The zero-order valence-electron chi connectivity index (χ0n) is 13.1. The molecule has 0 spiro atoms. The van der Waals surface area contributed by atoms with Crippen LogP contribution in [-0.4, -0.2) is 28.5 Å². The van der Waals surface area contributed by atoms with Crippen molar-refractivity contribution in [2.45, 2.75) is 25.5 Å². The summed E-state index contributed by atoms with van der Waals surface area (Å²) in [5, 5.41) is 2.98. The molecule has 1 N–H and O–H groups in total. The summed E-state index contributed by atoms with van der Waals surface area (Å²) in [6.45, 7) is 1.97. The first-order valence-electron chi connectivity index (χ1n) is 7.78.